The number of aromatic nitrogens is 1. The molecule has 0 radical (unpaired) electrons. The molecule has 1 aromatic heterocycles. The summed E-state index contributed by atoms with van der Waals surface area (Å²) >= 11 is 0. The summed E-state index contributed by atoms with van der Waals surface area (Å²) < 4.78 is 5.45. The molecule has 0 spiro atoms. The van der Waals surface area contributed by atoms with E-state index in [-0.39, 0.29) is 11.5 Å². The van der Waals surface area contributed by atoms with E-state index in [4.69, 9.17) is 15.9 Å². The number of benzene rings is 1. The first-order valence-corrected chi connectivity index (χ1v) is 5.97. The number of nitrogens with two attached hydrogens (primary N) is 2. The summed E-state index contributed by atoms with van der Waals surface area (Å²) in [5.41, 5.74) is 15.0. The first-order chi connectivity index (χ1) is 8.14. The molecule has 1 aliphatic rings. The molecule has 90 valence electrons. The van der Waals surface area contributed by atoms with E-state index in [2.05, 4.69) is 4.98 Å². The minimum Gasteiger partial charge on any atom is -0.441 e. The van der Waals surface area contributed by atoms with Crippen LogP contribution in [0.3, 0.4) is 0 Å². The van der Waals surface area contributed by atoms with E-state index in [9.17, 15) is 0 Å². The second-order valence-corrected chi connectivity index (χ2v) is 5.00. The van der Waals surface area contributed by atoms with Gasteiger partial charge in [0.2, 0.25) is 0 Å². The summed E-state index contributed by atoms with van der Waals surface area (Å²) in [7, 11) is 0. The number of oxazole rings is 1. The van der Waals surface area contributed by atoms with E-state index < -0.39 is 0 Å². The van der Waals surface area contributed by atoms with Gasteiger partial charge in [0.25, 0.3) is 0 Å². The third kappa shape index (κ3) is 1.64. The van der Waals surface area contributed by atoms with Gasteiger partial charge < -0.3 is 15.9 Å². The second kappa shape index (κ2) is 3.55. The van der Waals surface area contributed by atoms with Gasteiger partial charge in [0, 0.05) is 18.4 Å². The SMILES string of the molecule is Cc1nc2cc(C(N)C3(CN)CC3)ccc2o1. The molecular weight excluding hydrogens is 214 g/mol. The molecule has 1 fully saturated rings. The zero-order chi connectivity index (χ0) is 12.0. The van der Waals surface area contributed by atoms with Gasteiger partial charge in [-0.25, -0.2) is 4.98 Å². The normalized spacial score (nSPS) is 19.5. The van der Waals surface area contributed by atoms with Gasteiger partial charge >= 0.3 is 0 Å². The highest BCUT2D eigenvalue weighted by molar-refractivity contribution is 5.73. The lowest BCUT2D eigenvalue weighted by molar-refractivity contribution is 0.419. The lowest BCUT2D eigenvalue weighted by Crippen LogP contribution is -2.29. The van der Waals surface area contributed by atoms with Crippen molar-refractivity contribution < 1.29 is 4.42 Å². The first kappa shape index (κ1) is 10.7. The first-order valence-electron chi connectivity index (χ1n) is 5.97. The van der Waals surface area contributed by atoms with Crippen LogP contribution in [0, 0.1) is 12.3 Å². The Morgan fingerprint density at radius 3 is 2.88 bits per heavy atom. The molecule has 2 aromatic rings. The lowest BCUT2D eigenvalue weighted by Gasteiger charge is -2.21. The minimum atomic E-state index is 0.00825. The fourth-order valence-corrected chi connectivity index (χ4v) is 2.41. The van der Waals surface area contributed by atoms with Crippen LogP contribution in [-0.2, 0) is 0 Å². The van der Waals surface area contributed by atoms with E-state index in [0.717, 1.165) is 29.5 Å². The van der Waals surface area contributed by atoms with Crippen molar-refractivity contribution in [3.8, 4) is 0 Å². The van der Waals surface area contributed by atoms with Crippen molar-refractivity contribution in [1.29, 1.82) is 0 Å². The Bertz CT molecular complexity index is 557. The highest BCUT2D eigenvalue weighted by Crippen LogP contribution is 2.53. The van der Waals surface area contributed by atoms with Crippen LogP contribution in [0.5, 0.6) is 0 Å². The molecule has 1 saturated carbocycles. The largest absolute Gasteiger partial charge is 0.441 e. The van der Waals surface area contributed by atoms with Crippen LogP contribution in [0.4, 0.5) is 0 Å². The molecule has 17 heavy (non-hydrogen) atoms. The summed E-state index contributed by atoms with van der Waals surface area (Å²) in [4.78, 5) is 4.33. The number of fused-ring (bicyclic) bond motifs is 1. The Morgan fingerprint density at radius 1 is 1.47 bits per heavy atom. The van der Waals surface area contributed by atoms with Crippen molar-refractivity contribution >= 4 is 11.1 Å². The maximum absolute atomic E-state index is 6.31. The van der Waals surface area contributed by atoms with Gasteiger partial charge in [-0.05, 0) is 37.1 Å². The Labute approximate surface area is 100.0 Å². The van der Waals surface area contributed by atoms with E-state index in [1.165, 1.54) is 0 Å². The van der Waals surface area contributed by atoms with Crippen molar-refractivity contribution in [3.63, 3.8) is 0 Å². The maximum Gasteiger partial charge on any atom is 0.192 e. The molecule has 3 rings (SSSR count). The molecule has 1 unspecified atom stereocenters. The predicted molar refractivity (Wildman–Crippen MR) is 66.4 cm³/mol. The summed E-state index contributed by atoms with van der Waals surface area (Å²) in [6.45, 7) is 2.51. The van der Waals surface area contributed by atoms with E-state index in [0.29, 0.717) is 12.4 Å². The van der Waals surface area contributed by atoms with Crippen LogP contribution in [-0.4, -0.2) is 11.5 Å². The minimum absolute atomic E-state index is 0.00825. The molecule has 0 amide bonds. The van der Waals surface area contributed by atoms with Crippen molar-refractivity contribution in [3.05, 3.63) is 29.7 Å². The van der Waals surface area contributed by atoms with E-state index in [1.807, 2.05) is 25.1 Å². The number of nitrogens with zero attached hydrogens (tertiary/aromatic N) is 1. The van der Waals surface area contributed by atoms with Crippen LogP contribution in [0.25, 0.3) is 11.1 Å². The van der Waals surface area contributed by atoms with Crippen LogP contribution in [0.15, 0.2) is 22.6 Å². The topological polar surface area (TPSA) is 78.1 Å². The molecule has 4 N–H and O–H groups in total. The molecule has 1 aromatic carbocycles. The third-order valence-electron chi connectivity index (χ3n) is 3.84. The van der Waals surface area contributed by atoms with E-state index in [1.54, 1.807) is 0 Å². The summed E-state index contributed by atoms with van der Waals surface area (Å²) in [6.07, 6.45) is 2.25. The Morgan fingerprint density at radius 2 is 2.24 bits per heavy atom. The molecule has 4 nitrogen and oxygen atoms in total. The molecule has 1 atom stereocenters. The Kier molecular flexibility index (Phi) is 2.24. The van der Waals surface area contributed by atoms with Gasteiger partial charge in [0.1, 0.15) is 5.52 Å². The van der Waals surface area contributed by atoms with Crippen LogP contribution >= 0.6 is 0 Å². The van der Waals surface area contributed by atoms with Gasteiger partial charge in [0.15, 0.2) is 11.5 Å². The van der Waals surface area contributed by atoms with E-state index >= 15 is 0 Å². The highest BCUT2D eigenvalue weighted by atomic mass is 16.3. The number of hydrogen-bond donors (Lipinski definition) is 2. The Hall–Kier alpha value is -1.39. The molecule has 0 bridgehead atoms. The molecule has 0 aliphatic heterocycles. The van der Waals surface area contributed by atoms with Gasteiger partial charge in [0.05, 0.1) is 0 Å². The summed E-state index contributed by atoms with van der Waals surface area (Å²) in [5, 5.41) is 0. The quantitative estimate of drug-likeness (QED) is 0.845. The third-order valence-corrected chi connectivity index (χ3v) is 3.84. The van der Waals surface area contributed by atoms with Crippen LogP contribution in [0.2, 0.25) is 0 Å². The summed E-state index contributed by atoms with van der Waals surface area (Å²) in [5.74, 6) is 0.686. The van der Waals surface area contributed by atoms with Gasteiger partial charge in [-0.3, -0.25) is 0 Å². The standard InChI is InChI=1S/C13H17N3O/c1-8-16-10-6-9(2-3-11(10)17-8)12(15)13(7-14)4-5-13/h2-3,6,12H,4-5,7,14-15H2,1H3. The Balaban J connectivity index is 2.00. The second-order valence-electron chi connectivity index (χ2n) is 5.00. The molecule has 0 saturated heterocycles. The summed E-state index contributed by atoms with van der Waals surface area (Å²) in [6, 6.07) is 5.99. The van der Waals surface area contributed by atoms with Crippen molar-refractivity contribution in [2.45, 2.75) is 25.8 Å². The molecule has 1 aliphatic carbocycles. The zero-order valence-electron chi connectivity index (χ0n) is 9.94. The zero-order valence-corrected chi connectivity index (χ0v) is 9.94. The number of rotatable bonds is 3. The van der Waals surface area contributed by atoms with Crippen LogP contribution < -0.4 is 11.5 Å². The highest BCUT2D eigenvalue weighted by Gasteiger charge is 2.47. The van der Waals surface area contributed by atoms with Gasteiger partial charge in [-0.15, -0.1) is 0 Å². The monoisotopic (exact) mass is 231 g/mol. The number of hydrogen-bond acceptors (Lipinski definition) is 4. The number of aryl methyl sites for hydroxylation is 1. The van der Waals surface area contributed by atoms with Gasteiger partial charge in [-0.1, -0.05) is 6.07 Å². The van der Waals surface area contributed by atoms with Crippen molar-refractivity contribution in [1.82, 2.24) is 4.98 Å². The van der Waals surface area contributed by atoms with Crippen molar-refractivity contribution in [2.75, 3.05) is 6.54 Å². The molecule has 1 heterocycles. The molecule has 4 heteroatoms. The smallest absolute Gasteiger partial charge is 0.192 e. The van der Waals surface area contributed by atoms with Gasteiger partial charge in [-0.2, -0.15) is 0 Å². The van der Waals surface area contributed by atoms with Crippen molar-refractivity contribution in [2.24, 2.45) is 16.9 Å². The average molecular weight is 231 g/mol. The average Bonchev–Trinajstić information content (AvgIpc) is 3.03. The van der Waals surface area contributed by atoms with Crippen LogP contribution in [0.1, 0.15) is 30.3 Å². The molecular formula is C13H17N3O. The lowest BCUT2D eigenvalue weighted by atomic mass is 9.91. The predicted octanol–water partition coefficient (Wildman–Crippen LogP) is 1.87. The fourth-order valence-electron chi connectivity index (χ4n) is 2.41. The fraction of sp³-hybridized carbons (Fsp3) is 0.462. The maximum atomic E-state index is 6.31.